The molecule has 0 aromatic rings. The van der Waals surface area contributed by atoms with Gasteiger partial charge in [0.05, 0.1) is 18.6 Å². The van der Waals surface area contributed by atoms with Crippen LogP contribution in [0.2, 0.25) is 0 Å². The molecule has 5 heteroatoms. The molecule has 1 amide bonds. The van der Waals surface area contributed by atoms with E-state index in [9.17, 15) is 14.7 Å². The van der Waals surface area contributed by atoms with Crippen molar-refractivity contribution in [1.82, 2.24) is 4.90 Å². The van der Waals surface area contributed by atoms with Gasteiger partial charge in [-0.25, -0.2) is 0 Å². The molecule has 2 fully saturated rings. The lowest BCUT2D eigenvalue weighted by Crippen LogP contribution is -2.40. The summed E-state index contributed by atoms with van der Waals surface area (Å²) in [7, 11) is 0. The van der Waals surface area contributed by atoms with Gasteiger partial charge >= 0.3 is 5.97 Å². The third kappa shape index (κ3) is 3.95. The number of aliphatic carboxylic acids is 1. The molecule has 0 aliphatic carbocycles. The van der Waals surface area contributed by atoms with Gasteiger partial charge < -0.3 is 14.7 Å². The maximum Gasteiger partial charge on any atom is 0.310 e. The SMILES string of the molecule is CC(C)=CCC/C(C)=C/CC(C)(C)CN1C[C@@]23C=C[C@@H](O2)[C@H](C(=O)O)[C@H]3C1=O. The quantitative estimate of drug-likeness (QED) is 0.640. The number of carboxylic acid groups (broad SMARTS) is 1. The fourth-order valence-electron chi connectivity index (χ4n) is 4.72. The zero-order chi connectivity index (χ0) is 20.7. The Labute approximate surface area is 168 Å². The van der Waals surface area contributed by atoms with Crippen molar-refractivity contribution < 1.29 is 19.4 Å². The van der Waals surface area contributed by atoms with E-state index in [2.05, 4.69) is 46.8 Å². The summed E-state index contributed by atoms with van der Waals surface area (Å²) in [6, 6.07) is 0. The van der Waals surface area contributed by atoms with Crippen LogP contribution in [0.1, 0.15) is 53.9 Å². The molecule has 3 heterocycles. The van der Waals surface area contributed by atoms with E-state index in [0.29, 0.717) is 13.1 Å². The molecule has 4 atom stereocenters. The van der Waals surface area contributed by atoms with Crippen molar-refractivity contribution in [3.8, 4) is 0 Å². The highest BCUT2D eigenvalue weighted by molar-refractivity contribution is 5.90. The molecule has 3 rings (SSSR count). The van der Waals surface area contributed by atoms with Gasteiger partial charge in [0, 0.05) is 6.54 Å². The average molecular weight is 388 g/mol. The molecule has 28 heavy (non-hydrogen) atoms. The molecule has 2 saturated heterocycles. The number of carbonyl (C=O) groups is 2. The first-order chi connectivity index (χ1) is 13.0. The van der Waals surface area contributed by atoms with Crippen molar-refractivity contribution in [2.45, 2.75) is 65.6 Å². The number of carbonyl (C=O) groups excluding carboxylic acids is 1. The topological polar surface area (TPSA) is 66.8 Å². The molecule has 0 aromatic carbocycles. The Kier molecular flexibility index (Phi) is 5.59. The van der Waals surface area contributed by atoms with Crippen LogP contribution >= 0.6 is 0 Å². The number of carboxylic acids is 1. The first kappa shape index (κ1) is 20.8. The van der Waals surface area contributed by atoms with Crippen LogP contribution in [0.4, 0.5) is 0 Å². The van der Waals surface area contributed by atoms with Gasteiger partial charge in [-0.15, -0.1) is 0 Å². The molecule has 0 saturated carbocycles. The van der Waals surface area contributed by atoms with Gasteiger partial charge in [0.2, 0.25) is 5.91 Å². The highest BCUT2D eigenvalue weighted by atomic mass is 16.5. The van der Waals surface area contributed by atoms with Gasteiger partial charge in [-0.3, -0.25) is 9.59 Å². The van der Waals surface area contributed by atoms with E-state index in [1.165, 1.54) is 11.1 Å². The van der Waals surface area contributed by atoms with E-state index in [4.69, 9.17) is 4.74 Å². The molecular formula is C23H33NO4. The first-order valence-electron chi connectivity index (χ1n) is 10.2. The zero-order valence-corrected chi connectivity index (χ0v) is 17.7. The first-order valence-corrected chi connectivity index (χ1v) is 10.2. The number of amides is 1. The Morgan fingerprint density at radius 3 is 2.71 bits per heavy atom. The minimum absolute atomic E-state index is 0.0726. The van der Waals surface area contributed by atoms with Crippen LogP contribution in [0, 0.1) is 17.3 Å². The summed E-state index contributed by atoms with van der Waals surface area (Å²) in [5.41, 5.74) is 1.89. The fraction of sp³-hybridized carbons (Fsp3) is 0.652. The summed E-state index contributed by atoms with van der Waals surface area (Å²) in [6.45, 7) is 11.8. The Hall–Kier alpha value is -1.88. The Morgan fingerprint density at radius 2 is 2.07 bits per heavy atom. The summed E-state index contributed by atoms with van der Waals surface area (Å²) in [6.07, 6.45) is 10.8. The van der Waals surface area contributed by atoms with Crippen LogP contribution in [-0.2, 0) is 14.3 Å². The maximum atomic E-state index is 13.0. The van der Waals surface area contributed by atoms with E-state index in [1.54, 1.807) is 0 Å². The molecule has 154 valence electrons. The number of nitrogens with zero attached hydrogens (tertiary/aromatic N) is 1. The van der Waals surface area contributed by atoms with E-state index in [-0.39, 0.29) is 11.3 Å². The number of rotatable bonds is 8. The normalized spacial score (nSPS) is 31.5. The van der Waals surface area contributed by atoms with Crippen molar-refractivity contribution in [2.24, 2.45) is 17.3 Å². The second-order valence-electron chi connectivity index (χ2n) is 9.67. The lowest BCUT2D eigenvalue weighted by atomic mass is 9.77. The number of allylic oxidation sites excluding steroid dienone is 4. The van der Waals surface area contributed by atoms with Gasteiger partial charge in [0.25, 0.3) is 0 Å². The van der Waals surface area contributed by atoms with E-state index in [1.807, 2.05) is 17.1 Å². The molecule has 1 N–H and O–H groups in total. The van der Waals surface area contributed by atoms with Crippen molar-refractivity contribution >= 4 is 11.9 Å². The molecule has 5 nitrogen and oxygen atoms in total. The molecule has 0 aromatic heterocycles. The van der Waals surface area contributed by atoms with Gasteiger partial charge in [0.15, 0.2) is 0 Å². The van der Waals surface area contributed by atoms with Crippen LogP contribution in [0.15, 0.2) is 35.5 Å². The number of fused-ring (bicyclic) bond motifs is 1. The van der Waals surface area contributed by atoms with Crippen molar-refractivity contribution in [2.75, 3.05) is 13.1 Å². The van der Waals surface area contributed by atoms with Crippen LogP contribution < -0.4 is 0 Å². The highest BCUT2D eigenvalue weighted by Crippen LogP contribution is 2.52. The third-order valence-electron chi connectivity index (χ3n) is 6.18. The van der Waals surface area contributed by atoms with Gasteiger partial charge in [-0.05, 0) is 45.4 Å². The average Bonchev–Trinajstić information content (AvgIpc) is 3.21. The molecule has 0 unspecified atom stereocenters. The molecule has 1 spiro atoms. The number of likely N-dealkylation sites (tertiary alicyclic amines) is 1. The molecular weight excluding hydrogens is 354 g/mol. The molecule has 3 aliphatic heterocycles. The maximum absolute atomic E-state index is 13.0. The summed E-state index contributed by atoms with van der Waals surface area (Å²) >= 11 is 0. The van der Waals surface area contributed by atoms with Crippen LogP contribution in [0.3, 0.4) is 0 Å². The largest absolute Gasteiger partial charge is 0.481 e. The predicted molar refractivity (Wildman–Crippen MR) is 109 cm³/mol. The van der Waals surface area contributed by atoms with Crippen LogP contribution in [-0.4, -0.2) is 46.7 Å². The van der Waals surface area contributed by atoms with E-state index < -0.39 is 29.5 Å². The van der Waals surface area contributed by atoms with E-state index >= 15 is 0 Å². The molecule has 0 radical (unpaired) electrons. The van der Waals surface area contributed by atoms with Crippen LogP contribution in [0.5, 0.6) is 0 Å². The third-order valence-corrected chi connectivity index (χ3v) is 6.18. The number of hydrogen-bond donors (Lipinski definition) is 1. The van der Waals surface area contributed by atoms with Crippen LogP contribution in [0.25, 0.3) is 0 Å². The minimum Gasteiger partial charge on any atom is -0.481 e. The molecule has 3 aliphatic rings. The summed E-state index contributed by atoms with van der Waals surface area (Å²) in [4.78, 5) is 26.5. The van der Waals surface area contributed by atoms with Gasteiger partial charge in [-0.2, -0.15) is 0 Å². The molecule has 2 bridgehead atoms. The monoisotopic (exact) mass is 387 g/mol. The lowest BCUT2D eigenvalue weighted by molar-refractivity contribution is -0.148. The Bertz CT molecular complexity index is 744. The summed E-state index contributed by atoms with van der Waals surface area (Å²) in [5, 5.41) is 9.57. The fourth-order valence-corrected chi connectivity index (χ4v) is 4.72. The Morgan fingerprint density at radius 1 is 1.36 bits per heavy atom. The number of ether oxygens (including phenoxy) is 1. The standard InChI is InChI=1S/C23H33NO4/c1-15(2)7-6-8-16(3)9-11-22(4,5)13-24-14-23-12-10-17(28-23)18(21(26)27)19(23)20(24)25/h7,9-10,12,17-19H,6,8,11,13-14H2,1-5H3,(H,26,27)/b16-9+/t17-,18+,19+,23-/m1/s1. The van der Waals surface area contributed by atoms with Crippen molar-refractivity contribution in [1.29, 1.82) is 0 Å². The zero-order valence-electron chi connectivity index (χ0n) is 17.7. The summed E-state index contributed by atoms with van der Waals surface area (Å²) < 4.78 is 5.96. The second-order valence-corrected chi connectivity index (χ2v) is 9.67. The number of hydrogen-bond acceptors (Lipinski definition) is 3. The van der Waals surface area contributed by atoms with Crippen molar-refractivity contribution in [3.05, 3.63) is 35.5 Å². The summed E-state index contributed by atoms with van der Waals surface area (Å²) in [5.74, 6) is -2.36. The Balaban J connectivity index is 1.62. The predicted octanol–water partition coefficient (Wildman–Crippen LogP) is 3.96. The van der Waals surface area contributed by atoms with E-state index in [0.717, 1.165) is 19.3 Å². The lowest BCUT2D eigenvalue weighted by Gasteiger charge is -2.31. The minimum atomic E-state index is -0.939. The smallest absolute Gasteiger partial charge is 0.310 e. The highest BCUT2D eigenvalue weighted by Gasteiger charge is 2.67. The van der Waals surface area contributed by atoms with Crippen molar-refractivity contribution in [3.63, 3.8) is 0 Å². The van der Waals surface area contributed by atoms with Gasteiger partial charge in [0.1, 0.15) is 11.5 Å². The van der Waals surface area contributed by atoms with Gasteiger partial charge in [-0.1, -0.05) is 49.3 Å². The second kappa shape index (κ2) is 7.51.